The summed E-state index contributed by atoms with van der Waals surface area (Å²) in [6.07, 6.45) is -5.16. The number of phenolic OH excluding ortho intramolecular Hbond substituents is 1. The normalized spacial score (nSPS) is 17.0. The first-order chi connectivity index (χ1) is 19.6. The number of rotatable bonds is 9. The third kappa shape index (κ3) is 6.95. The smallest absolute Gasteiger partial charge is 0.507 e. The van der Waals surface area contributed by atoms with Gasteiger partial charge in [0, 0.05) is 49.5 Å². The van der Waals surface area contributed by atoms with Gasteiger partial charge >= 0.3 is 6.36 Å². The number of carbonyl (C=O) groups excluding carboxylic acids is 1. The lowest BCUT2D eigenvalue weighted by atomic mass is 9.98. The molecule has 0 saturated heterocycles. The average molecular weight is 588 g/mol. The molecule has 3 aromatic rings. The number of anilines is 1. The van der Waals surface area contributed by atoms with E-state index in [1.165, 1.54) is 29.3 Å². The summed E-state index contributed by atoms with van der Waals surface area (Å²) < 4.78 is 41.5. The van der Waals surface area contributed by atoms with E-state index in [0.717, 1.165) is 5.69 Å². The van der Waals surface area contributed by atoms with E-state index in [-0.39, 0.29) is 29.6 Å². The zero-order chi connectivity index (χ0) is 29.1. The van der Waals surface area contributed by atoms with E-state index in [4.69, 9.17) is 11.6 Å². The van der Waals surface area contributed by atoms with Gasteiger partial charge in [-0.05, 0) is 71.7 Å². The van der Waals surface area contributed by atoms with E-state index in [0.29, 0.717) is 43.2 Å². The van der Waals surface area contributed by atoms with Gasteiger partial charge in [-0.2, -0.15) is 0 Å². The molecule has 41 heavy (non-hydrogen) atoms. The van der Waals surface area contributed by atoms with Crippen LogP contribution >= 0.6 is 11.6 Å². The number of amides is 1. The Bertz CT molecular complexity index is 1410. The third-order valence-electron chi connectivity index (χ3n) is 7.38. The zero-order valence-corrected chi connectivity index (χ0v) is 22.7. The summed E-state index contributed by atoms with van der Waals surface area (Å²) in [7, 11) is 0. The molecule has 2 heterocycles. The minimum Gasteiger partial charge on any atom is -0.507 e. The standard InChI is InChI=1S/C30H29ClF3N3O4/c31-22-5-3-4-19(14-22)28(39)26(12-13-35-29(40)25-6-1-2-7-27(25)38)37-17-20-15-36(16-21(20)18-37)23-8-10-24(11-9-23)41-30(32,33)34/h1-11,14,26,28,38-39H,12-13,15-18H2,(H,35,40). The number of alkyl halides is 3. The van der Waals surface area contributed by atoms with Crippen LogP contribution in [0.15, 0.2) is 83.9 Å². The number of carbonyl (C=O) groups is 1. The van der Waals surface area contributed by atoms with Crippen LogP contribution in [-0.2, 0) is 0 Å². The molecule has 0 spiro atoms. The third-order valence-corrected chi connectivity index (χ3v) is 7.62. The van der Waals surface area contributed by atoms with Crippen molar-refractivity contribution in [3.63, 3.8) is 0 Å². The molecule has 1 amide bonds. The molecule has 7 nitrogen and oxygen atoms in total. The summed E-state index contributed by atoms with van der Waals surface area (Å²) in [5.74, 6) is -0.768. The van der Waals surface area contributed by atoms with Crippen LogP contribution in [0.25, 0.3) is 0 Å². The molecule has 11 heteroatoms. The van der Waals surface area contributed by atoms with Crippen molar-refractivity contribution < 1.29 is 32.9 Å². The van der Waals surface area contributed by atoms with Crippen molar-refractivity contribution >= 4 is 23.2 Å². The van der Waals surface area contributed by atoms with Crippen molar-refractivity contribution in [3.05, 3.63) is 100 Å². The number of aromatic hydroxyl groups is 1. The first-order valence-corrected chi connectivity index (χ1v) is 13.5. The number of aliphatic hydroxyl groups excluding tert-OH is 1. The van der Waals surface area contributed by atoms with Crippen LogP contribution in [0.1, 0.15) is 28.4 Å². The minimum atomic E-state index is -4.74. The van der Waals surface area contributed by atoms with Gasteiger partial charge in [0.25, 0.3) is 5.91 Å². The molecule has 0 aliphatic carbocycles. The first-order valence-electron chi connectivity index (χ1n) is 13.1. The van der Waals surface area contributed by atoms with Gasteiger partial charge in [0.1, 0.15) is 11.5 Å². The molecule has 0 radical (unpaired) electrons. The van der Waals surface area contributed by atoms with E-state index >= 15 is 0 Å². The Labute approximate surface area is 240 Å². The fourth-order valence-corrected chi connectivity index (χ4v) is 5.63. The summed E-state index contributed by atoms with van der Waals surface area (Å²) >= 11 is 6.19. The fraction of sp³-hybridized carbons (Fsp3) is 0.300. The predicted molar refractivity (Wildman–Crippen MR) is 149 cm³/mol. The van der Waals surface area contributed by atoms with Crippen LogP contribution in [0.2, 0.25) is 5.02 Å². The van der Waals surface area contributed by atoms with Crippen molar-refractivity contribution in [1.82, 2.24) is 10.2 Å². The van der Waals surface area contributed by atoms with E-state index in [2.05, 4.69) is 19.9 Å². The molecule has 2 aliphatic heterocycles. The van der Waals surface area contributed by atoms with E-state index in [1.54, 1.807) is 48.5 Å². The predicted octanol–water partition coefficient (Wildman–Crippen LogP) is 5.30. The van der Waals surface area contributed by atoms with Gasteiger partial charge < -0.3 is 25.2 Å². The van der Waals surface area contributed by atoms with Crippen LogP contribution in [-0.4, -0.2) is 66.1 Å². The van der Waals surface area contributed by atoms with Crippen LogP contribution in [0.3, 0.4) is 0 Å². The number of phenols is 1. The lowest BCUT2D eigenvalue weighted by molar-refractivity contribution is -0.274. The van der Waals surface area contributed by atoms with E-state index in [9.17, 15) is 28.2 Å². The number of hydrogen-bond donors (Lipinski definition) is 3. The molecule has 0 aromatic heterocycles. The van der Waals surface area contributed by atoms with Gasteiger partial charge in [0.15, 0.2) is 0 Å². The summed E-state index contributed by atoms with van der Waals surface area (Å²) in [6, 6.07) is 18.9. The van der Waals surface area contributed by atoms with Gasteiger partial charge in [-0.1, -0.05) is 35.9 Å². The molecule has 5 rings (SSSR count). The van der Waals surface area contributed by atoms with E-state index < -0.39 is 18.4 Å². The molecule has 3 aromatic carbocycles. The second-order valence-corrected chi connectivity index (χ2v) is 10.6. The molecule has 2 atom stereocenters. The lowest BCUT2D eigenvalue weighted by Gasteiger charge is -2.34. The monoisotopic (exact) mass is 587 g/mol. The van der Waals surface area contributed by atoms with Crippen molar-refractivity contribution in [1.29, 1.82) is 0 Å². The molecule has 2 aliphatic rings. The van der Waals surface area contributed by atoms with Gasteiger partial charge in [0.05, 0.1) is 11.7 Å². The van der Waals surface area contributed by atoms with Crippen molar-refractivity contribution in [3.8, 4) is 11.5 Å². The maximum atomic E-state index is 12.6. The Morgan fingerprint density at radius 3 is 2.29 bits per heavy atom. The highest BCUT2D eigenvalue weighted by Gasteiger charge is 2.36. The number of hydrogen-bond acceptors (Lipinski definition) is 6. The van der Waals surface area contributed by atoms with Crippen LogP contribution in [0.5, 0.6) is 11.5 Å². The van der Waals surface area contributed by atoms with E-state index in [1.807, 2.05) is 6.07 Å². The van der Waals surface area contributed by atoms with Gasteiger partial charge in [-0.25, -0.2) is 0 Å². The number of ether oxygens (including phenoxy) is 1. The molecule has 0 fully saturated rings. The second-order valence-electron chi connectivity index (χ2n) is 10.1. The summed E-state index contributed by atoms with van der Waals surface area (Å²) in [5.41, 5.74) is 4.04. The largest absolute Gasteiger partial charge is 0.573 e. The quantitative estimate of drug-likeness (QED) is 0.295. The highest BCUT2D eigenvalue weighted by atomic mass is 35.5. The molecule has 2 unspecified atom stereocenters. The Balaban J connectivity index is 1.24. The van der Waals surface area contributed by atoms with Crippen molar-refractivity contribution in [2.24, 2.45) is 0 Å². The average Bonchev–Trinajstić information content (AvgIpc) is 3.50. The van der Waals surface area contributed by atoms with Gasteiger partial charge in [-0.3, -0.25) is 9.69 Å². The van der Waals surface area contributed by atoms with Crippen molar-refractivity contribution in [2.75, 3.05) is 37.6 Å². The Kier molecular flexibility index (Phi) is 8.44. The highest BCUT2D eigenvalue weighted by molar-refractivity contribution is 6.30. The summed E-state index contributed by atoms with van der Waals surface area (Å²) in [6.45, 7) is 2.73. The summed E-state index contributed by atoms with van der Waals surface area (Å²) in [5, 5.41) is 24.8. The maximum absolute atomic E-state index is 12.6. The second kappa shape index (κ2) is 12.0. The molecular formula is C30H29ClF3N3O4. The van der Waals surface area contributed by atoms with Gasteiger partial charge in [0.2, 0.25) is 0 Å². The minimum absolute atomic E-state index is 0.104. The van der Waals surface area contributed by atoms with Crippen molar-refractivity contribution in [2.45, 2.75) is 24.9 Å². The molecule has 3 N–H and O–H groups in total. The fourth-order valence-electron chi connectivity index (χ4n) is 5.43. The number of aliphatic hydroxyl groups is 1. The molecule has 216 valence electrons. The maximum Gasteiger partial charge on any atom is 0.573 e. The summed E-state index contributed by atoms with van der Waals surface area (Å²) in [4.78, 5) is 16.9. The number of nitrogens with one attached hydrogen (secondary N) is 1. The molecule has 0 saturated carbocycles. The SMILES string of the molecule is O=C(NCCC(C(O)c1cccc(Cl)c1)N1CC2=C(CN(c3ccc(OC(F)(F)F)cc3)C2)C1)c1ccccc1O. The Morgan fingerprint density at radius 1 is 0.976 bits per heavy atom. The van der Waals surface area contributed by atoms with Crippen LogP contribution in [0, 0.1) is 0 Å². The number of halogens is 4. The Morgan fingerprint density at radius 2 is 1.66 bits per heavy atom. The Hall–Kier alpha value is -3.73. The number of para-hydroxylation sites is 1. The lowest BCUT2D eigenvalue weighted by Crippen LogP contribution is -2.43. The highest BCUT2D eigenvalue weighted by Crippen LogP contribution is 2.35. The zero-order valence-electron chi connectivity index (χ0n) is 21.9. The first kappa shape index (κ1) is 28.8. The molecular weight excluding hydrogens is 559 g/mol. The topological polar surface area (TPSA) is 85.3 Å². The number of nitrogens with zero attached hydrogens (tertiary/aromatic N) is 2. The van der Waals surface area contributed by atoms with Gasteiger partial charge in [-0.15, -0.1) is 13.2 Å². The van der Waals surface area contributed by atoms with Crippen LogP contribution < -0.4 is 15.0 Å². The van der Waals surface area contributed by atoms with Crippen LogP contribution in [0.4, 0.5) is 18.9 Å². The molecule has 0 bridgehead atoms. The number of benzene rings is 3.